The van der Waals surface area contributed by atoms with E-state index < -0.39 is 21.7 Å². The monoisotopic (exact) mass is 343 g/mol. The van der Waals surface area contributed by atoms with E-state index in [9.17, 15) is 17.2 Å². The van der Waals surface area contributed by atoms with Crippen LogP contribution >= 0.6 is 11.6 Å². The molecule has 1 N–H and O–H groups in total. The first-order valence-electron chi connectivity index (χ1n) is 6.02. The highest BCUT2D eigenvalue weighted by atomic mass is 35.5. The zero-order valence-electron chi connectivity index (χ0n) is 10.8. The Morgan fingerprint density at radius 1 is 1.05 bits per heavy atom. The maximum absolute atomic E-state index is 13.5. The van der Waals surface area contributed by atoms with E-state index in [1.165, 1.54) is 18.4 Å². The number of rotatable bonds is 3. The van der Waals surface area contributed by atoms with E-state index >= 15 is 0 Å². The van der Waals surface area contributed by atoms with Gasteiger partial charge in [-0.2, -0.15) is 0 Å². The third-order valence-electron chi connectivity index (χ3n) is 2.99. The van der Waals surface area contributed by atoms with Crippen molar-refractivity contribution >= 4 is 38.3 Å². The molecule has 0 aliphatic carbocycles. The molecule has 2 aromatic carbocycles. The lowest BCUT2D eigenvalue weighted by Crippen LogP contribution is -2.13. The van der Waals surface area contributed by atoms with E-state index in [0.29, 0.717) is 0 Å². The molecule has 3 aromatic rings. The summed E-state index contributed by atoms with van der Waals surface area (Å²) >= 11 is 5.61. The standard InChI is InChI=1S/C14H8ClF2NO3S/c15-10-7-8(1-2-11(10)16)18-22(19,20)13-4-3-12(17)14-9(13)5-6-21-14/h1-7,18H. The predicted octanol–water partition coefficient (Wildman–Crippen LogP) is 4.17. The van der Waals surface area contributed by atoms with Crippen LogP contribution in [0.4, 0.5) is 14.5 Å². The molecule has 0 aliphatic rings. The molecule has 0 bridgehead atoms. The van der Waals surface area contributed by atoms with Gasteiger partial charge in [0.1, 0.15) is 5.82 Å². The first-order valence-corrected chi connectivity index (χ1v) is 7.88. The highest BCUT2D eigenvalue weighted by molar-refractivity contribution is 7.93. The molecule has 22 heavy (non-hydrogen) atoms. The fraction of sp³-hybridized carbons (Fsp3) is 0. The SMILES string of the molecule is O=S(=O)(Nc1ccc(F)c(Cl)c1)c1ccc(F)c2occc12. The van der Waals surface area contributed by atoms with Crippen molar-refractivity contribution in [1.29, 1.82) is 0 Å². The van der Waals surface area contributed by atoms with E-state index in [-0.39, 0.29) is 26.6 Å². The van der Waals surface area contributed by atoms with Crippen LogP contribution in [0.15, 0.2) is 52.0 Å². The number of hydrogen-bond donors (Lipinski definition) is 1. The van der Waals surface area contributed by atoms with Crippen LogP contribution in [0.25, 0.3) is 11.0 Å². The number of furan rings is 1. The highest BCUT2D eigenvalue weighted by Gasteiger charge is 2.21. The molecule has 0 aliphatic heterocycles. The van der Waals surface area contributed by atoms with Gasteiger partial charge in [-0.1, -0.05) is 11.6 Å². The summed E-state index contributed by atoms with van der Waals surface area (Å²) in [5.41, 5.74) is -0.0626. The molecular formula is C14H8ClF2NO3S. The molecule has 0 unspecified atom stereocenters. The van der Waals surface area contributed by atoms with Gasteiger partial charge in [-0.15, -0.1) is 0 Å². The minimum atomic E-state index is -4.01. The second-order valence-electron chi connectivity index (χ2n) is 4.44. The molecule has 114 valence electrons. The molecule has 0 fully saturated rings. The van der Waals surface area contributed by atoms with Crippen molar-refractivity contribution in [2.45, 2.75) is 4.90 Å². The molecule has 0 amide bonds. The fourth-order valence-electron chi connectivity index (χ4n) is 2.01. The van der Waals surface area contributed by atoms with Gasteiger partial charge >= 0.3 is 0 Å². The normalized spacial score (nSPS) is 11.8. The molecule has 0 spiro atoms. The van der Waals surface area contributed by atoms with Crippen LogP contribution in [0.3, 0.4) is 0 Å². The summed E-state index contributed by atoms with van der Waals surface area (Å²) in [4.78, 5) is -0.155. The number of fused-ring (bicyclic) bond motifs is 1. The van der Waals surface area contributed by atoms with Gasteiger partial charge in [-0.05, 0) is 36.4 Å². The Morgan fingerprint density at radius 2 is 1.77 bits per heavy atom. The molecular weight excluding hydrogens is 336 g/mol. The largest absolute Gasteiger partial charge is 0.461 e. The Bertz CT molecular complexity index is 969. The van der Waals surface area contributed by atoms with Gasteiger partial charge in [0.15, 0.2) is 11.4 Å². The van der Waals surface area contributed by atoms with Crippen molar-refractivity contribution in [1.82, 2.24) is 0 Å². The van der Waals surface area contributed by atoms with E-state index in [2.05, 4.69) is 4.72 Å². The Balaban J connectivity index is 2.06. The van der Waals surface area contributed by atoms with E-state index in [4.69, 9.17) is 16.0 Å². The Morgan fingerprint density at radius 3 is 2.50 bits per heavy atom. The minimum absolute atomic E-state index is 0.0902. The van der Waals surface area contributed by atoms with Crippen LogP contribution < -0.4 is 4.72 Å². The Hall–Kier alpha value is -2.12. The number of benzene rings is 2. The molecule has 4 nitrogen and oxygen atoms in total. The first-order chi connectivity index (χ1) is 10.4. The maximum Gasteiger partial charge on any atom is 0.262 e. The predicted molar refractivity (Wildman–Crippen MR) is 78.4 cm³/mol. The maximum atomic E-state index is 13.5. The van der Waals surface area contributed by atoms with E-state index in [1.807, 2.05) is 0 Å². The second kappa shape index (κ2) is 5.26. The minimum Gasteiger partial charge on any atom is -0.461 e. The molecule has 1 aromatic heterocycles. The second-order valence-corrected chi connectivity index (χ2v) is 6.50. The third kappa shape index (κ3) is 2.53. The average Bonchev–Trinajstić information content (AvgIpc) is 2.93. The van der Waals surface area contributed by atoms with Crippen LogP contribution in [0.2, 0.25) is 5.02 Å². The van der Waals surface area contributed by atoms with Gasteiger partial charge in [0.2, 0.25) is 0 Å². The number of anilines is 1. The summed E-state index contributed by atoms with van der Waals surface area (Å²) < 4.78 is 58.7. The first kappa shape index (κ1) is 14.8. The summed E-state index contributed by atoms with van der Waals surface area (Å²) in [5, 5.41) is -0.103. The van der Waals surface area contributed by atoms with Gasteiger partial charge in [0, 0.05) is 5.39 Å². The fourth-order valence-corrected chi connectivity index (χ4v) is 3.43. The van der Waals surface area contributed by atoms with Gasteiger partial charge < -0.3 is 4.42 Å². The summed E-state index contributed by atoms with van der Waals surface area (Å²) in [5.74, 6) is -1.33. The number of halogens is 3. The summed E-state index contributed by atoms with van der Waals surface area (Å²) in [7, 11) is -4.01. The molecule has 0 atom stereocenters. The lowest BCUT2D eigenvalue weighted by atomic mass is 10.2. The average molecular weight is 344 g/mol. The molecule has 8 heteroatoms. The number of sulfonamides is 1. The quantitative estimate of drug-likeness (QED) is 0.776. The van der Waals surface area contributed by atoms with Crippen LogP contribution in [-0.2, 0) is 10.0 Å². The lowest BCUT2D eigenvalue weighted by Gasteiger charge is -2.09. The van der Waals surface area contributed by atoms with Gasteiger partial charge in [-0.3, -0.25) is 4.72 Å². The Kier molecular flexibility index (Phi) is 3.54. The molecule has 0 saturated carbocycles. The molecule has 1 heterocycles. The van der Waals surface area contributed by atoms with Crippen molar-refractivity contribution in [3.05, 3.63) is 59.3 Å². The number of nitrogens with one attached hydrogen (secondary N) is 1. The van der Waals surface area contributed by atoms with Crippen molar-refractivity contribution in [3.63, 3.8) is 0 Å². The lowest BCUT2D eigenvalue weighted by molar-refractivity contribution is 0.559. The van der Waals surface area contributed by atoms with Crippen LogP contribution in [0.5, 0.6) is 0 Å². The molecule has 0 saturated heterocycles. The Labute approximate surface area is 129 Å². The third-order valence-corrected chi connectivity index (χ3v) is 4.72. The summed E-state index contributed by atoms with van der Waals surface area (Å²) in [6.45, 7) is 0. The summed E-state index contributed by atoms with van der Waals surface area (Å²) in [6, 6.07) is 6.89. The summed E-state index contributed by atoms with van der Waals surface area (Å²) in [6.07, 6.45) is 1.20. The smallest absolute Gasteiger partial charge is 0.262 e. The van der Waals surface area contributed by atoms with Gasteiger partial charge in [-0.25, -0.2) is 17.2 Å². The topological polar surface area (TPSA) is 59.3 Å². The van der Waals surface area contributed by atoms with E-state index in [1.54, 1.807) is 0 Å². The van der Waals surface area contributed by atoms with Gasteiger partial charge in [0.25, 0.3) is 10.0 Å². The molecule has 0 radical (unpaired) electrons. The van der Waals surface area contributed by atoms with Crippen LogP contribution in [0, 0.1) is 11.6 Å². The van der Waals surface area contributed by atoms with Gasteiger partial charge in [0.05, 0.1) is 21.9 Å². The highest BCUT2D eigenvalue weighted by Crippen LogP contribution is 2.28. The number of hydrogen-bond acceptors (Lipinski definition) is 3. The van der Waals surface area contributed by atoms with Crippen LogP contribution in [-0.4, -0.2) is 8.42 Å². The van der Waals surface area contributed by atoms with Crippen molar-refractivity contribution in [3.8, 4) is 0 Å². The van der Waals surface area contributed by atoms with Crippen LogP contribution in [0.1, 0.15) is 0 Å². The van der Waals surface area contributed by atoms with Crippen molar-refractivity contribution < 1.29 is 21.6 Å². The van der Waals surface area contributed by atoms with Crippen molar-refractivity contribution in [2.24, 2.45) is 0 Å². The zero-order chi connectivity index (χ0) is 15.9. The zero-order valence-corrected chi connectivity index (χ0v) is 12.4. The van der Waals surface area contributed by atoms with E-state index in [0.717, 1.165) is 24.3 Å². The molecule has 3 rings (SSSR count). The van der Waals surface area contributed by atoms with Crippen molar-refractivity contribution in [2.75, 3.05) is 4.72 Å².